The summed E-state index contributed by atoms with van der Waals surface area (Å²) in [5.41, 5.74) is 1.83. The van der Waals surface area contributed by atoms with Gasteiger partial charge >= 0.3 is 5.97 Å². The number of aromatic nitrogens is 2. The second kappa shape index (κ2) is 5.48. The predicted octanol–water partition coefficient (Wildman–Crippen LogP) is 2.94. The number of allylic oxidation sites excluding steroid dienone is 1. The number of carbonyl (C=O) groups is 1. The largest absolute Gasteiger partial charge is 0.478 e. The van der Waals surface area contributed by atoms with Crippen molar-refractivity contribution in [2.75, 3.05) is 0 Å². The van der Waals surface area contributed by atoms with Crippen molar-refractivity contribution in [3.63, 3.8) is 0 Å². The van der Waals surface area contributed by atoms with Crippen molar-refractivity contribution in [1.82, 2.24) is 10.1 Å². The maximum atomic E-state index is 10.9. The first kappa shape index (κ1) is 13.0. The van der Waals surface area contributed by atoms with Crippen LogP contribution in [0.15, 0.2) is 40.9 Å². The maximum Gasteiger partial charge on any atom is 0.335 e. The van der Waals surface area contributed by atoms with Gasteiger partial charge in [-0.3, -0.25) is 0 Å². The molecule has 0 saturated carbocycles. The Bertz CT molecular complexity index is 617. The Labute approximate surface area is 110 Å². The summed E-state index contributed by atoms with van der Waals surface area (Å²) < 4.78 is 5.12. The topological polar surface area (TPSA) is 76.2 Å². The number of carboxylic acid groups (broad SMARTS) is 1. The molecular formula is C14H14N2O3. The normalized spacial score (nSPS) is 10.4. The van der Waals surface area contributed by atoms with Gasteiger partial charge in [0.2, 0.25) is 11.7 Å². The molecule has 0 unspecified atom stereocenters. The van der Waals surface area contributed by atoms with Crippen LogP contribution in [-0.2, 0) is 6.42 Å². The number of hydrogen-bond donors (Lipinski definition) is 1. The SMILES string of the molecule is C=C(CC)Cc1nc(-c2cccc(C(=O)O)c2)no1. The highest BCUT2D eigenvalue weighted by Crippen LogP contribution is 2.18. The van der Waals surface area contributed by atoms with Crippen molar-refractivity contribution in [2.45, 2.75) is 19.8 Å². The summed E-state index contributed by atoms with van der Waals surface area (Å²) in [6.45, 7) is 5.89. The van der Waals surface area contributed by atoms with Crippen LogP contribution in [0.1, 0.15) is 29.6 Å². The number of carboxylic acids is 1. The van der Waals surface area contributed by atoms with E-state index in [1.54, 1.807) is 12.1 Å². The minimum atomic E-state index is -0.982. The zero-order chi connectivity index (χ0) is 13.8. The highest BCUT2D eigenvalue weighted by molar-refractivity contribution is 5.89. The summed E-state index contributed by atoms with van der Waals surface area (Å²) in [5.74, 6) is -0.102. The van der Waals surface area contributed by atoms with Crippen LogP contribution in [0.25, 0.3) is 11.4 Å². The Morgan fingerprint density at radius 1 is 1.47 bits per heavy atom. The molecule has 0 aliphatic carbocycles. The van der Waals surface area contributed by atoms with E-state index in [0.717, 1.165) is 12.0 Å². The van der Waals surface area contributed by atoms with Crippen LogP contribution in [0, 0.1) is 0 Å². The molecule has 1 aromatic heterocycles. The average Bonchev–Trinajstić information content (AvgIpc) is 2.87. The third-order valence-electron chi connectivity index (χ3n) is 2.74. The van der Waals surface area contributed by atoms with Crippen LogP contribution in [-0.4, -0.2) is 21.2 Å². The molecule has 0 radical (unpaired) electrons. The van der Waals surface area contributed by atoms with Gasteiger partial charge < -0.3 is 9.63 Å². The first-order valence-corrected chi connectivity index (χ1v) is 5.93. The third-order valence-corrected chi connectivity index (χ3v) is 2.74. The molecule has 0 bridgehead atoms. The summed E-state index contributed by atoms with van der Waals surface area (Å²) in [7, 11) is 0. The standard InChI is InChI=1S/C14H14N2O3/c1-3-9(2)7-12-15-13(16-19-12)10-5-4-6-11(8-10)14(17)18/h4-6,8H,2-3,7H2,1H3,(H,17,18). The molecule has 1 heterocycles. The quantitative estimate of drug-likeness (QED) is 0.834. The molecule has 0 amide bonds. The molecule has 0 spiro atoms. The van der Waals surface area contributed by atoms with Crippen molar-refractivity contribution >= 4 is 5.97 Å². The number of aromatic carboxylic acids is 1. The van der Waals surface area contributed by atoms with E-state index < -0.39 is 5.97 Å². The molecule has 5 heteroatoms. The summed E-state index contributed by atoms with van der Waals surface area (Å²) in [4.78, 5) is 15.1. The highest BCUT2D eigenvalue weighted by atomic mass is 16.5. The van der Waals surface area contributed by atoms with Gasteiger partial charge in [-0.1, -0.05) is 36.4 Å². The van der Waals surface area contributed by atoms with E-state index >= 15 is 0 Å². The molecule has 98 valence electrons. The van der Waals surface area contributed by atoms with Gasteiger partial charge in [-0.25, -0.2) is 4.79 Å². The van der Waals surface area contributed by atoms with Gasteiger partial charge in [0.05, 0.1) is 5.56 Å². The number of benzene rings is 1. The van der Waals surface area contributed by atoms with Crippen molar-refractivity contribution in [2.24, 2.45) is 0 Å². The zero-order valence-corrected chi connectivity index (χ0v) is 10.6. The average molecular weight is 258 g/mol. The van der Waals surface area contributed by atoms with Crippen LogP contribution < -0.4 is 0 Å². The van der Waals surface area contributed by atoms with E-state index in [9.17, 15) is 4.79 Å². The van der Waals surface area contributed by atoms with E-state index in [1.807, 2.05) is 6.92 Å². The van der Waals surface area contributed by atoms with E-state index in [1.165, 1.54) is 12.1 Å². The molecular weight excluding hydrogens is 244 g/mol. The number of hydrogen-bond acceptors (Lipinski definition) is 4. The number of rotatable bonds is 5. The Morgan fingerprint density at radius 2 is 2.26 bits per heavy atom. The van der Waals surface area contributed by atoms with E-state index in [2.05, 4.69) is 16.7 Å². The molecule has 0 aliphatic heterocycles. The second-order valence-corrected chi connectivity index (χ2v) is 4.18. The molecule has 19 heavy (non-hydrogen) atoms. The van der Waals surface area contributed by atoms with Crippen molar-refractivity contribution < 1.29 is 14.4 Å². The minimum Gasteiger partial charge on any atom is -0.478 e. The van der Waals surface area contributed by atoms with Crippen LogP contribution in [0.2, 0.25) is 0 Å². The zero-order valence-electron chi connectivity index (χ0n) is 10.6. The van der Waals surface area contributed by atoms with Crippen LogP contribution >= 0.6 is 0 Å². The Balaban J connectivity index is 2.25. The van der Waals surface area contributed by atoms with Gasteiger partial charge in [-0.2, -0.15) is 4.98 Å². The van der Waals surface area contributed by atoms with E-state index in [-0.39, 0.29) is 5.56 Å². The fourth-order valence-corrected chi connectivity index (χ4v) is 1.57. The van der Waals surface area contributed by atoms with Crippen molar-refractivity contribution in [3.8, 4) is 11.4 Å². The van der Waals surface area contributed by atoms with Crippen LogP contribution in [0.3, 0.4) is 0 Å². The number of nitrogens with zero attached hydrogens (tertiary/aromatic N) is 2. The molecule has 1 aromatic carbocycles. The van der Waals surface area contributed by atoms with Gasteiger partial charge in [0.1, 0.15) is 0 Å². The van der Waals surface area contributed by atoms with Crippen molar-refractivity contribution in [1.29, 1.82) is 0 Å². The molecule has 0 fully saturated rings. The molecule has 0 atom stereocenters. The molecule has 2 aromatic rings. The summed E-state index contributed by atoms with van der Waals surface area (Å²) in [6.07, 6.45) is 1.40. The smallest absolute Gasteiger partial charge is 0.335 e. The lowest BCUT2D eigenvalue weighted by Gasteiger charge is -1.97. The summed E-state index contributed by atoms with van der Waals surface area (Å²) in [5, 5.41) is 12.8. The molecule has 1 N–H and O–H groups in total. The summed E-state index contributed by atoms with van der Waals surface area (Å²) in [6, 6.07) is 6.44. The molecule has 0 aliphatic rings. The lowest BCUT2D eigenvalue weighted by molar-refractivity contribution is 0.0697. The lowest BCUT2D eigenvalue weighted by Crippen LogP contribution is -1.96. The molecule has 5 nitrogen and oxygen atoms in total. The van der Waals surface area contributed by atoms with Gasteiger partial charge in [0, 0.05) is 12.0 Å². The van der Waals surface area contributed by atoms with Crippen LogP contribution in [0.5, 0.6) is 0 Å². The fourth-order valence-electron chi connectivity index (χ4n) is 1.57. The Hall–Kier alpha value is -2.43. The van der Waals surface area contributed by atoms with Gasteiger partial charge in [0.25, 0.3) is 0 Å². The van der Waals surface area contributed by atoms with Gasteiger partial charge in [-0.05, 0) is 18.6 Å². The Kier molecular flexibility index (Phi) is 3.75. The molecule has 0 saturated heterocycles. The van der Waals surface area contributed by atoms with E-state index in [4.69, 9.17) is 9.63 Å². The maximum absolute atomic E-state index is 10.9. The van der Waals surface area contributed by atoms with Crippen molar-refractivity contribution in [3.05, 3.63) is 47.9 Å². The first-order valence-electron chi connectivity index (χ1n) is 5.93. The first-order chi connectivity index (χ1) is 9.10. The fraction of sp³-hybridized carbons (Fsp3) is 0.214. The monoisotopic (exact) mass is 258 g/mol. The van der Waals surface area contributed by atoms with Gasteiger partial charge in [0.15, 0.2) is 0 Å². The summed E-state index contributed by atoms with van der Waals surface area (Å²) >= 11 is 0. The second-order valence-electron chi connectivity index (χ2n) is 4.18. The lowest BCUT2D eigenvalue weighted by atomic mass is 10.1. The Morgan fingerprint density at radius 3 is 2.95 bits per heavy atom. The van der Waals surface area contributed by atoms with Gasteiger partial charge in [-0.15, -0.1) is 0 Å². The van der Waals surface area contributed by atoms with Crippen LogP contribution in [0.4, 0.5) is 0 Å². The minimum absolute atomic E-state index is 0.196. The molecule has 2 rings (SSSR count). The van der Waals surface area contributed by atoms with E-state index in [0.29, 0.717) is 23.7 Å². The predicted molar refractivity (Wildman–Crippen MR) is 69.8 cm³/mol. The highest BCUT2D eigenvalue weighted by Gasteiger charge is 2.11. The third kappa shape index (κ3) is 3.07.